The summed E-state index contributed by atoms with van der Waals surface area (Å²) in [5, 5.41) is 10.9. The summed E-state index contributed by atoms with van der Waals surface area (Å²) in [6.07, 6.45) is 0.163. The fraction of sp³-hybridized carbons (Fsp3) is 0.652. The Morgan fingerprint density at radius 1 is 0.964 bits per heavy atom. The Kier molecular flexibility index (Phi) is 7.69. The fourth-order valence-corrected chi connectivity index (χ4v) is 3.20. The number of hydrogen-bond donors (Lipinski definition) is 1. The highest BCUT2D eigenvalue weighted by molar-refractivity contribution is 5.66. The third kappa shape index (κ3) is 6.84. The van der Waals surface area contributed by atoms with Crippen LogP contribution in [-0.2, 0) is 36.3 Å². The van der Waals surface area contributed by atoms with Gasteiger partial charge in [0.25, 0.3) is 0 Å². The van der Waals surface area contributed by atoms with Crippen LogP contribution in [-0.4, -0.2) is 29.8 Å². The second-order valence-electron chi connectivity index (χ2n) is 9.62. The van der Waals surface area contributed by atoms with Crippen molar-refractivity contribution in [2.75, 3.05) is 6.61 Å². The molecule has 158 valence electrons. The molecule has 0 saturated heterocycles. The number of ether oxygens (including phenoxy) is 2. The minimum atomic E-state index is -0.401. The van der Waals surface area contributed by atoms with Crippen LogP contribution in [0.2, 0.25) is 0 Å². The number of rotatable bonds is 6. The van der Waals surface area contributed by atoms with Crippen LogP contribution in [0, 0.1) is 5.92 Å². The van der Waals surface area contributed by atoms with E-state index in [0.717, 1.165) is 16.7 Å². The molecular formula is C23H36O5. The monoisotopic (exact) mass is 392 g/mol. The molecule has 0 spiro atoms. The molecule has 2 atom stereocenters. The van der Waals surface area contributed by atoms with E-state index in [1.807, 2.05) is 19.1 Å². The number of aromatic hydroxyl groups is 1. The third-order valence-electron chi connectivity index (χ3n) is 4.80. The van der Waals surface area contributed by atoms with E-state index < -0.39 is 6.10 Å². The maximum atomic E-state index is 11.4. The van der Waals surface area contributed by atoms with E-state index in [-0.39, 0.29) is 35.3 Å². The number of esters is 2. The van der Waals surface area contributed by atoms with E-state index in [1.165, 1.54) is 13.8 Å². The molecule has 1 aromatic carbocycles. The molecule has 0 radical (unpaired) electrons. The van der Waals surface area contributed by atoms with Gasteiger partial charge < -0.3 is 14.6 Å². The largest absolute Gasteiger partial charge is 0.507 e. The Bertz CT molecular complexity index is 672. The van der Waals surface area contributed by atoms with Gasteiger partial charge in [0.05, 0.1) is 6.61 Å². The number of carbonyl (C=O) groups excluding carboxylic acids is 2. The Labute approximate surface area is 169 Å². The predicted octanol–water partition coefficient (Wildman–Crippen LogP) is 4.66. The van der Waals surface area contributed by atoms with Gasteiger partial charge >= 0.3 is 11.9 Å². The highest BCUT2D eigenvalue weighted by Crippen LogP contribution is 2.40. The molecule has 0 bridgehead atoms. The normalized spacial score (nSPS) is 14.3. The zero-order chi connectivity index (χ0) is 21.9. The molecule has 2 unspecified atom stereocenters. The van der Waals surface area contributed by atoms with Crippen molar-refractivity contribution >= 4 is 11.9 Å². The molecule has 1 aromatic rings. The lowest BCUT2D eigenvalue weighted by Crippen LogP contribution is -2.30. The maximum absolute atomic E-state index is 11.4. The first-order valence-electron chi connectivity index (χ1n) is 9.80. The Morgan fingerprint density at radius 3 is 1.79 bits per heavy atom. The minimum absolute atomic E-state index is 0.167. The molecule has 28 heavy (non-hydrogen) atoms. The van der Waals surface area contributed by atoms with Gasteiger partial charge in [0.2, 0.25) is 0 Å². The van der Waals surface area contributed by atoms with Crippen LogP contribution in [0.3, 0.4) is 0 Å². The molecule has 0 saturated carbocycles. The zero-order valence-electron chi connectivity index (χ0n) is 18.8. The molecule has 1 rings (SSSR count). The number of hydrogen-bond acceptors (Lipinski definition) is 5. The molecule has 1 N–H and O–H groups in total. The van der Waals surface area contributed by atoms with E-state index in [9.17, 15) is 14.7 Å². The summed E-state index contributed by atoms with van der Waals surface area (Å²) >= 11 is 0. The van der Waals surface area contributed by atoms with Crippen molar-refractivity contribution in [2.45, 2.75) is 85.7 Å². The van der Waals surface area contributed by atoms with Crippen molar-refractivity contribution < 1.29 is 24.2 Å². The van der Waals surface area contributed by atoms with Crippen molar-refractivity contribution in [3.63, 3.8) is 0 Å². The van der Waals surface area contributed by atoms with Gasteiger partial charge in [-0.05, 0) is 40.9 Å². The summed E-state index contributed by atoms with van der Waals surface area (Å²) in [5.41, 5.74) is 2.31. The molecular weight excluding hydrogens is 356 g/mol. The molecule has 5 nitrogen and oxygen atoms in total. The molecule has 0 aromatic heterocycles. The van der Waals surface area contributed by atoms with Gasteiger partial charge in [-0.2, -0.15) is 0 Å². The molecule has 0 heterocycles. The van der Waals surface area contributed by atoms with E-state index in [2.05, 4.69) is 41.5 Å². The van der Waals surface area contributed by atoms with Crippen LogP contribution >= 0.6 is 0 Å². The van der Waals surface area contributed by atoms with Gasteiger partial charge in [0.15, 0.2) is 0 Å². The summed E-state index contributed by atoms with van der Waals surface area (Å²) in [4.78, 5) is 22.7. The van der Waals surface area contributed by atoms with Crippen LogP contribution in [0.5, 0.6) is 5.75 Å². The third-order valence-corrected chi connectivity index (χ3v) is 4.80. The lowest BCUT2D eigenvalue weighted by molar-refractivity contribution is -0.151. The summed E-state index contributed by atoms with van der Waals surface area (Å²) in [6.45, 7) is 17.1. The number of benzene rings is 1. The SMILES string of the molecule is CC(=O)OCC(Cc1cc(C(C)(C)C)c(O)c(C(C)(C)C)c1)C(C)OC(C)=O. The highest BCUT2D eigenvalue weighted by atomic mass is 16.6. The van der Waals surface area contributed by atoms with E-state index >= 15 is 0 Å². The standard InChI is InChI=1S/C23H36O5/c1-14(28-16(3)25)18(13-27-15(2)24)10-17-11-19(22(4,5)6)21(26)20(12-17)23(7,8)9/h11-12,14,18,26H,10,13H2,1-9H3. The summed E-state index contributed by atoms with van der Waals surface area (Å²) in [5.74, 6) is -0.584. The van der Waals surface area contributed by atoms with Gasteiger partial charge in [-0.1, -0.05) is 53.7 Å². The van der Waals surface area contributed by atoms with Crippen molar-refractivity contribution in [3.05, 3.63) is 28.8 Å². The Morgan fingerprint density at radius 2 is 1.43 bits per heavy atom. The molecule has 0 aliphatic carbocycles. The maximum Gasteiger partial charge on any atom is 0.302 e. The van der Waals surface area contributed by atoms with Gasteiger partial charge in [-0.15, -0.1) is 0 Å². The van der Waals surface area contributed by atoms with Crippen LogP contribution in [0.25, 0.3) is 0 Å². The number of phenolic OH excluding ortho intramolecular Hbond substituents is 1. The molecule has 0 aliphatic heterocycles. The smallest absolute Gasteiger partial charge is 0.302 e. The quantitative estimate of drug-likeness (QED) is 0.713. The first kappa shape index (κ1) is 24.0. The second kappa shape index (κ2) is 8.97. The molecule has 0 fully saturated rings. The van der Waals surface area contributed by atoms with Crippen LogP contribution < -0.4 is 0 Å². The van der Waals surface area contributed by atoms with Gasteiger partial charge in [-0.25, -0.2) is 0 Å². The lowest BCUT2D eigenvalue weighted by atomic mass is 9.77. The summed E-state index contributed by atoms with van der Waals surface area (Å²) in [7, 11) is 0. The molecule has 0 amide bonds. The topological polar surface area (TPSA) is 72.8 Å². The van der Waals surface area contributed by atoms with Crippen LogP contribution in [0.1, 0.15) is 79.0 Å². The average Bonchev–Trinajstić information content (AvgIpc) is 2.49. The van der Waals surface area contributed by atoms with Crippen LogP contribution in [0.15, 0.2) is 12.1 Å². The Hall–Kier alpha value is -2.04. The van der Waals surface area contributed by atoms with Crippen molar-refractivity contribution in [2.24, 2.45) is 5.92 Å². The van der Waals surface area contributed by atoms with Crippen molar-refractivity contribution in [3.8, 4) is 5.75 Å². The van der Waals surface area contributed by atoms with E-state index in [0.29, 0.717) is 12.2 Å². The lowest BCUT2D eigenvalue weighted by Gasteiger charge is -2.29. The highest BCUT2D eigenvalue weighted by Gasteiger charge is 2.28. The minimum Gasteiger partial charge on any atom is -0.507 e. The average molecular weight is 393 g/mol. The molecule has 5 heteroatoms. The summed E-state index contributed by atoms with van der Waals surface area (Å²) < 4.78 is 10.6. The summed E-state index contributed by atoms with van der Waals surface area (Å²) in [6, 6.07) is 4.01. The van der Waals surface area contributed by atoms with Crippen molar-refractivity contribution in [1.82, 2.24) is 0 Å². The number of carbonyl (C=O) groups is 2. The van der Waals surface area contributed by atoms with E-state index in [1.54, 1.807) is 0 Å². The van der Waals surface area contributed by atoms with Gasteiger partial charge in [0.1, 0.15) is 11.9 Å². The van der Waals surface area contributed by atoms with Crippen LogP contribution in [0.4, 0.5) is 0 Å². The van der Waals surface area contributed by atoms with E-state index in [4.69, 9.17) is 9.47 Å². The zero-order valence-corrected chi connectivity index (χ0v) is 18.8. The predicted molar refractivity (Wildman–Crippen MR) is 111 cm³/mol. The second-order valence-corrected chi connectivity index (χ2v) is 9.62. The Balaban J connectivity index is 3.37. The molecule has 0 aliphatic rings. The fourth-order valence-electron chi connectivity index (χ4n) is 3.20. The first-order valence-corrected chi connectivity index (χ1v) is 9.80. The van der Waals surface area contributed by atoms with Gasteiger partial charge in [-0.3, -0.25) is 9.59 Å². The van der Waals surface area contributed by atoms with Crippen molar-refractivity contribution in [1.29, 1.82) is 0 Å². The first-order chi connectivity index (χ1) is 12.6. The number of phenols is 1. The van der Waals surface area contributed by atoms with Gasteiger partial charge in [0, 0.05) is 19.8 Å².